The van der Waals surface area contributed by atoms with E-state index >= 15 is 0 Å². The number of carbonyl (C=O) groups excluding carboxylic acids is 3. The average molecular weight is 543 g/mol. The number of fused-ring (bicyclic) bond motifs is 1. The number of nitrogens with zero attached hydrogens (tertiary/aromatic N) is 3. The molecule has 0 unspecified atom stereocenters. The molecule has 3 heterocycles. The largest absolute Gasteiger partial charge is 0.435 e. The van der Waals surface area contributed by atoms with E-state index in [1.165, 1.54) is 28.0 Å². The molecule has 1 saturated heterocycles. The monoisotopic (exact) mass is 542 g/mol. The lowest BCUT2D eigenvalue weighted by Gasteiger charge is -2.29. The SMILES string of the molecule is CC1(C)CC(=O)c2c(C(F)(F)F)nn(-c3ccc(C(N)=O)c(N[C@H]4CC5=C(C4)[C@@H](CN4CC4=O)NC5)c3)c2C1. The van der Waals surface area contributed by atoms with Crippen molar-refractivity contribution >= 4 is 23.3 Å². The van der Waals surface area contributed by atoms with E-state index < -0.39 is 29.0 Å². The zero-order valence-corrected chi connectivity index (χ0v) is 21.6. The van der Waals surface area contributed by atoms with E-state index in [0.717, 1.165) is 13.0 Å². The summed E-state index contributed by atoms with van der Waals surface area (Å²) < 4.78 is 42.9. The van der Waals surface area contributed by atoms with Crippen LogP contribution in [-0.2, 0) is 17.4 Å². The lowest BCUT2D eigenvalue weighted by Crippen LogP contribution is -2.35. The third-order valence-corrected chi connectivity index (χ3v) is 8.06. The highest BCUT2D eigenvalue weighted by atomic mass is 19.4. The molecule has 0 radical (unpaired) electrons. The van der Waals surface area contributed by atoms with E-state index in [2.05, 4.69) is 15.7 Å². The third kappa shape index (κ3) is 4.60. The maximum atomic E-state index is 13.9. The van der Waals surface area contributed by atoms with E-state index in [1.807, 2.05) is 13.8 Å². The number of aromatic nitrogens is 2. The predicted octanol–water partition coefficient (Wildman–Crippen LogP) is 2.83. The molecule has 1 aromatic heterocycles. The van der Waals surface area contributed by atoms with E-state index in [4.69, 9.17) is 5.73 Å². The Bertz CT molecular complexity index is 1460. The average Bonchev–Trinajstić information content (AvgIpc) is 3.14. The molecule has 0 spiro atoms. The van der Waals surface area contributed by atoms with Crippen LogP contribution < -0.4 is 16.4 Å². The summed E-state index contributed by atoms with van der Waals surface area (Å²) >= 11 is 0. The highest BCUT2D eigenvalue weighted by Gasteiger charge is 2.45. The summed E-state index contributed by atoms with van der Waals surface area (Å²) in [5, 5.41) is 10.7. The van der Waals surface area contributed by atoms with Crippen LogP contribution in [0.15, 0.2) is 29.3 Å². The number of halogens is 3. The van der Waals surface area contributed by atoms with Gasteiger partial charge in [0.2, 0.25) is 5.91 Å². The lowest BCUT2D eigenvalue weighted by atomic mass is 9.75. The van der Waals surface area contributed by atoms with Crippen LogP contribution in [-0.4, -0.2) is 64.0 Å². The van der Waals surface area contributed by atoms with Crippen molar-refractivity contribution in [1.82, 2.24) is 20.0 Å². The Morgan fingerprint density at radius 2 is 1.97 bits per heavy atom. The molecule has 12 heteroatoms. The minimum absolute atomic E-state index is 0.00328. The summed E-state index contributed by atoms with van der Waals surface area (Å²) in [5.41, 5.74) is 7.18. The highest BCUT2D eigenvalue weighted by molar-refractivity contribution is 6.01. The summed E-state index contributed by atoms with van der Waals surface area (Å²) in [5.74, 6) is -1.11. The summed E-state index contributed by atoms with van der Waals surface area (Å²) in [6, 6.07) is 4.60. The molecule has 2 aromatic rings. The number of primary amides is 1. The molecule has 1 fully saturated rings. The Morgan fingerprint density at radius 3 is 2.64 bits per heavy atom. The molecular weight excluding hydrogens is 513 g/mol. The smallest absolute Gasteiger partial charge is 0.381 e. The number of anilines is 1. The van der Waals surface area contributed by atoms with Gasteiger partial charge in [0.15, 0.2) is 11.5 Å². The first-order chi connectivity index (χ1) is 18.3. The van der Waals surface area contributed by atoms with Crippen molar-refractivity contribution in [2.75, 3.05) is 25.0 Å². The number of hydrogen-bond donors (Lipinski definition) is 3. The first-order valence-corrected chi connectivity index (χ1v) is 13.0. The van der Waals surface area contributed by atoms with Gasteiger partial charge in [-0.15, -0.1) is 0 Å². The van der Waals surface area contributed by atoms with E-state index in [9.17, 15) is 27.6 Å². The minimum atomic E-state index is -4.79. The Hall–Kier alpha value is -3.67. The first-order valence-electron chi connectivity index (χ1n) is 13.0. The standard InChI is InChI=1S/C27H29F3N6O3/c1-26(2)8-20-23(21(37)9-26)24(27(28,29)30)34-36(20)15-3-4-16(25(31)39)18(7-15)33-14-5-13-10-32-19(17(13)6-14)11-35-12-22(35)38/h3-4,7,14,19,32-33H,5-6,8-12H2,1-2H3,(H2,31,39)/t14-,19+,35?/m0/s1. The molecule has 2 aliphatic heterocycles. The van der Waals surface area contributed by atoms with Crippen molar-refractivity contribution in [2.24, 2.45) is 11.1 Å². The maximum absolute atomic E-state index is 13.9. The number of nitrogens with one attached hydrogen (secondary N) is 2. The Balaban J connectivity index is 1.32. The molecule has 206 valence electrons. The molecular formula is C27H29F3N6O3. The zero-order chi connectivity index (χ0) is 27.9. The first kappa shape index (κ1) is 25.6. The van der Waals surface area contributed by atoms with Gasteiger partial charge in [0.25, 0.3) is 5.91 Å². The quantitative estimate of drug-likeness (QED) is 0.381. The molecule has 0 bridgehead atoms. The Kier molecular flexibility index (Phi) is 5.69. The van der Waals surface area contributed by atoms with Gasteiger partial charge in [0.05, 0.1) is 29.1 Å². The van der Waals surface area contributed by atoms with Crippen LogP contribution >= 0.6 is 0 Å². The number of amides is 2. The fourth-order valence-electron chi connectivity index (χ4n) is 6.22. The second-order valence-electron chi connectivity index (χ2n) is 11.7. The fourth-order valence-corrected chi connectivity index (χ4v) is 6.22. The summed E-state index contributed by atoms with van der Waals surface area (Å²) in [6.07, 6.45) is -3.11. The van der Waals surface area contributed by atoms with Crippen LogP contribution in [0.2, 0.25) is 0 Å². The van der Waals surface area contributed by atoms with E-state index in [1.54, 1.807) is 11.0 Å². The summed E-state index contributed by atoms with van der Waals surface area (Å²) in [6.45, 7) is 5.52. The summed E-state index contributed by atoms with van der Waals surface area (Å²) in [7, 11) is 0. The van der Waals surface area contributed by atoms with Crippen LogP contribution in [0.3, 0.4) is 0 Å². The number of carbonyl (C=O) groups is 3. The Labute approximate surface area is 222 Å². The maximum Gasteiger partial charge on any atom is 0.435 e. The molecule has 0 saturated carbocycles. The van der Waals surface area contributed by atoms with E-state index in [0.29, 0.717) is 30.9 Å². The van der Waals surface area contributed by atoms with E-state index in [-0.39, 0.29) is 47.7 Å². The number of ketones is 1. The Morgan fingerprint density at radius 1 is 1.23 bits per heavy atom. The molecule has 2 amide bonds. The normalized spacial score (nSPS) is 23.8. The topological polar surface area (TPSA) is 122 Å². The predicted molar refractivity (Wildman–Crippen MR) is 136 cm³/mol. The van der Waals surface area contributed by atoms with Crippen LogP contribution in [0.4, 0.5) is 18.9 Å². The fraction of sp³-hybridized carbons (Fsp3) is 0.481. The number of rotatable bonds is 6. The molecule has 4 aliphatic rings. The number of alkyl halides is 3. The van der Waals surface area contributed by atoms with Crippen LogP contribution in [0.5, 0.6) is 0 Å². The van der Waals surface area contributed by atoms with Crippen molar-refractivity contribution in [3.63, 3.8) is 0 Å². The highest BCUT2D eigenvalue weighted by Crippen LogP contribution is 2.42. The van der Waals surface area contributed by atoms with Crippen LogP contribution in [0.25, 0.3) is 5.69 Å². The van der Waals surface area contributed by atoms with Crippen molar-refractivity contribution in [3.8, 4) is 5.69 Å². The van der Waals surface area contributed by atoms with Crippen molar-refractivity contribution in [3.05, 3.63) is 51.9 Å². The van der Waals surface area contributed by atoms with Crippen LogP contribution in [0, 0.1) is 5.41 Å². The van der Waals surface area contributed by atoms with Gasteiger partial charge in [0, 0.05) is 37.3 Å². The van der Waals surface area contributed by atoms with Crippen molar-refractivity contribution in [2.45, 2.75) is 57.8 Å². The molecule has 1 aromatic carbocycles. The van der Waals surface area contributed by atoms with Crippen molar-refractivity contribution < 1.29 is 27.6 Å². The van der Waals surface area contributed by atoms with Crippen LogP contribution in [0.1, 0.15) is 65.2 Å². The number of Topliss-reactive ketones (excluding diaryl/α,β-unsaturated/α-hetero) is 1. The number of nitrogens with two attached hydrogens (primary N) is 1. The molecule has 6 rings (SSSR count). The second kappa shape index (κ2) is 8.67. The second-order valence-corrected chi connectivity index (χ2v) is 11.7. The molecule has 4 N–H and O–H groups in total. The molecule has 2 aliphatic carbocycles. The van der Waals surface area contributed by atoms with Gasteiger partial charge in [-0.3, -0.25) is 14.4 Å². The summed E-state index contributed by atoms with van der Waals surface area (Å²) in [4.78, 5) is 38.3. The zero-order valence-electron chi connectivity index (χ0n) is 21.6. The van der Waals surface area contributed by atoms with Crippen molar-refractivity contribution in [1.29, 1.82) is 0 Å². The third-order valence-electron chi connectivity index (χ3n) is 8.06. The molecule has 9 nitrogen and oxygen atoms in total. The van der Waals surface area contributed by atoms with Gasteiger partial charge < -0.3 is 21.3 Å². The minimum Gasteiger partial charge on any atom is -0.381 e. The van der Waals surface area contributed by atoms with Gasteiger partial charge >= 0.3 is 6.18 Å². The van der Waals surface area contributed by atoms with Gasteiger partial charge in [-0.25, -0.2) is 4.68 Å². The van der Waals surface area contributed by atoms with Gasteiger partial charge in [0.1, 0.15) is 0 Å². The van der Waals surface area contributed by atoms with Gasteiger partial charge in [-0.1, -0.05) is 19.4 Å². The lowest BCUT2D eigenvalue weighted by molar-refractivity contribution is -0.141. The van der Waals surface area contributed by atoms with Gasteiger partial charge in [-0.05, 0) is 48.4 Å². The number of hydrogen-bond acceptors (Lipinski definition) is 6. The number of benzene rings is 1. The molecule has 39 heavy (non-hydrogen) atoms. The molecule has 2 atom stereocenters. The van der Waals surface area contributed by atoms with Gasteiger partial charge in [-0.2, -0.15) is 18.3 Å².